The van der Waals surface area contributed by atoms with Gasteiger partial charge in [-0.2, -0.15) is 5.10 Å². The van der Waals surface area contributed by atoms with E-state index in [0.717, 1.165) is 46.4 Å². The van der Waals surface area contributed by atoms with Gasteiger partial charge in [0.1, 0.15) is 0 Å². The van der Waals surface area contributed by atoms with E-state index >= 15 is 0 Å². The van der Waals surface area contributed by atoms with E-state index in [9.17, 15) is 9.90 Å². The first kappa shape index (κ1) is 27.6. The van der Waals surface area contributed by atoms with Crippen molar-refractivity contribution < 1.29 is 14.6 Å². The van der Waals surface area contributed by atoms with Crippen LogP contribution in [0.2, 0.25) is 0 Å². The number of aryl methyl sites for hydroxylation is 2. The van der Waals surface area contributed by atoms with Crippen molar-refractivity contribution in [3.8, 4) is 11.1 Å². The van der Waals surface area contributed by atoms with Crippen LogP contribution in [0.3, 0.4) is 0 Å². The number of nitrogens with one attached hydrogen (secondary N) is 1. The zero-order chi connectivity index (χ0) is 28.7. The van der Waals surface area contributed by atoms with Crippen molar-refractivity contribution in [2.45, 2.75) is 46.3 Å². The summed E-state index contributed by atoms with van der Waals surface area (Å²) < 4.78 is 7.37. The number of pyridine rings is 1. The van der Waals surface area contributed by atoms with Crippen molar-refractivity contribution >= 4 is 28.9 Å². The van der Waals surface area contributed by atoms with Crippen LogP contribution in [0.1, 0.15) is 67.9 Å². The van der Waals surface area contributed by atoms with Crippen LogP contribution in [-0.4, -0.2) is 39.0 Å². The van der Waals surface area contributed by atoms with Gasteiger partial charge >= 0.3 is 0 Å². The fourth-order valence-corrected chi connectivity index (χ4v) is 7.12. The minimum absolute atomic E-state index is 0.161. The predicted molar refractivity (Wildman–Crippen MR) is 162 cm³/mol. The topological polar surface area (TPSA) is 89.3 Å². The molecule has 8 heteroatoms. The van der Waals surface area contributed by atoms with E-state index in [2.05, 4.69) is 54.7 Å². The molecule has 1 aliphatic heterocycles. The van der Waals surface area contributed by atoms with Gasteiger partial charge in [0, 0.05) is 36.3 Å². The molecule has 4 heterocycles. The number of amides is 1. The number of hydrogen-bond acceptors (Lipinski definition) is 6. The third-order valence-electron chi connectivity index (χ3n) is 8.59. The number of aliphatic hydroxyl groups excluding tert-OH is 1. The molecule has 0 saturated carbocycles. The maximum absolute atomic E-state index is 13.1. The van der Waals surface area contributed by atoms with Crippen LogP contribution in [0.4, 0.5) is 0 Å². The third kappa shape index (κ3) is 5.39. The Kier molecular flexibility index (Phi) is 7.64. The summed E-state index contributed by atoms with van der Waals surface area (Å²) in [5, 5.41) is 17.7. The van der Waals surface area contributed by atoms with E-state index in [1.54, 1.807) is 0 Å². The SMILES string of the molecule is Cc1cc(-c2ccnc3c2CC(C)C(C)C(c2cnn(C)c2)=C3)ccc1C(CO)NC(=O)c1cc2c(s1)CCOC2. The molecule has 0 spiro atoms. The van der Waals surface area contributed by atoms with E-state index in [0.29, 0.717) is 29.9 Å². The number of aromatic nitrogens is 3. The molecule has 212 valence electrons. The molecule has 41 heavy (non-hydrogen) atoms. The number of aliphatic hydroxyl groups is 1. The highest BCUT2D eigenvalue weighted by Crippen LogP contribution is 2.40. The minimum Gasteiger partial charge on any atom is -0.394 e. The Balaban J connectivity index is 1.29. The quantitative estimate of drug-likeness (QED) is 0.309. The number of nitrogens with zero attached hydrogens (tertiary/aromatic N) is 3. The number of fused-ring (bicyclic) bond motifs is 2. The third-order valence-corrected chi connectivity index (χ3v) is 9.82. The monoisotopic (exact) mass is 568 g/mol. The number of allylic oxidation sites excluding steroid dienone is 1. The number of carbonyl (C=O) groups is 1. The van der Waals surface area contributed by atoms with Crippen LogP contribution in [0.15, 0.2) is 48.9 Å². The van der Waals surface area contributed by atoms with Gasteiger partial charge < -0.3 is 15.2 Å². The molecule has 2 aliphatic rings. The number of hydrogen-bond donors (Lipinski definition) is 2. The van der Waals surface area contributed by atoms with Gasteiger partial charge in [0.15, 0.2) is 0 Å². The van der Waals surface area contributed by atoms with Gasteiger partial charge in [-0.1, -0.05) is 32.0 Å². The Morgan fingerprint density at radius 3 is 2.83 bits per heavy atom. The number of rotatable bonds is 6. The van der Waals surface area contributed by atoms with Crippen LogP contribution >= 0.6 is 11.3 Å². The van der Waals surface area contributed by atoms with Gasteiger partial charge in [-0.15, -0.1) is 11.3 Å². The predicted octanol–water partition coefficient (Wildman–Crippen LogP) is 5.76. The first-order chi connectivity index (χ1) is 19.8. The number of ether oxygens (including phenoxy) is 1. The van der Waals surface area contributed by atoms with Crippen LogP contribution < -0.4 is 5.32 Å². The molecule has 2 N–H and O–H groups in total. The van der Waals surface area contributed by atoms with E-state index in [-0.39, 0.29) is 12.5 Å². The molecule has 3 aromatic heterocycles. The molecule has 4 aromatic rings. The Hall–Kier alpha value is -3.59. The standard InChI is InChI=1S/C33H36N4O3S/c1-19-12-28-26(7-9-34-29(28)14-27(21(19)3)24-15-35-37(4)16-24)22-5-6-25(20(2)11-22)30(17-38)36-33(39)32-13-23-18-40-10-8-31(23)41-32/h5-7,9,11,13-16,19,21,30,38H,8,10,12,17-18H2,1-4H3,(H,36,39). The normalized spacial score (nSPS) is 19.1. The van der Waals surface area contributed by atoms with Gasteiger partial charge in [0.05, 0.1) is 42.6 Å². The van der Waals surface area contributed by atoms with Crippen LogP contribution in [-0.2, 0) is 31.2 Å². The largest absolute Gasteiger partial charge is 0.394 e. The molecule has 3 atom stereocenters. The average Bonchev–Trinajstić information content (AvgIpc) is 3.58. The zero-order valence-electron chi connectivity index (χ0n) is 24.0. The zero-order valence-corrected chi connectivity index (χ0v) is 24.8. The van der Waals surface area contributed by atoms with Crippen molar-refractivity contribution in [2.75, 3.05) is 13.2 Å². The summed E-state index contributed by atoms with van der Waals surface area (Å²) in [6.07, 6.45) is 9.89. The Labute approximate surface area is 244 Å². The lowest BCUT2D eigenvalue weighted by molar-refractivity contribution is 0.0919. The fourth-order valence-electron chi connectivity index (χ4n) is 6.06. The molecule has 1 aliphatic carbocycles. The summed E-state index contributed by atoms with van der Waals surface area (Å²) in [7, 11) is 1.95. The summed E-state index contributed by atoms with van der Waals surface area (Å²) in [6.45, 7) is 7.71. The molecule has 0 saturated heterocycles. The molecule has 7 nitrogen and oxygen atoms in total. The Morgan fingerprint density at radius 2 is 2.10 bits per heavy atom. The van der Waals surface area contributed by atoms with Crippen LogP contribution in [0.5, 0.6) is 0 Å². The van der Waals surface area contributed by atoms with Crippen molar-refractivity contribution in [2.24, 2.45) is 18.9 Å². The molecule has 3 unspecified atom stereocenters. The van der Waals surface area contributed by atoms with Gasteiger partial charge in [0.2, 0.25) is 0 Å². The maximum Gasteiger partial charge on any atom is 0.261 e. The van der Waals surface area contributed by atoms with Crippen molar-refractivity contribution in [1.82, 2.24) is 20.1 Å². The molecule has 1 amide bonds. The number of carbonyl (C=O) groups excluding carboxylic acids is 1. The maximum atomic E-state index is 13.1. The van der Waals surface area contributed by atoms with Crippen molar-refractivity contribution in [3.63, 3.8) is 0 Å². The van der Waals surface area contributed by atoms with Gasteiger partial charge in [-0.05, 0) is 82.3 Å². The number of benzene rings is 1. The first-order valence-corrected chi connectivity index (χ1v) is 15.0. The smallest absolute Gasteiger partial charge is 0.261 e. The lowest BCUT2D eigenvalue weighted by Crippen LogP contribution is -2.30. The average molecular weight is 569 g/mol. The lowest BCUT2D eigenvalue weighted by atomic mass is 9.83. The summed E-state index contributed by atoms with van der Waals surface area (Å²) in [5.41, 5.74) is 9.96. The summed E-state index contributed by atoms with van der Waals surface area (Å²) in [5.74, 6) is 0.626. The highest BCUT2D eigenvalue weighted by Gasteiger charge is 2.27. The van der Waals surface area contributed by atoms with E-state index in [4.69, 9.17) is 9.72 Å². The molecule has 0 fully saturated rings. The highest BCUT2D eigenvalue weighted by molar-refractivity contribution is 7.14. The summed E-state index contributed by atoms with van der Waals surface area (Å²) in [4.78, 5) is 19.8. The summed E-state index contributed by atoms with van der Waals surface area (Å²) in [6, 6.07) is 9.81. The van der Waals surface area contributed by atoms with Gasteiger partial charge in [-0.3, -0.25) is 14.5 Å². The minimum atomic E-state index is -0.493. The van der Waals surface area contributed by atoms with E-state index in [1.807, 2.05) is 43.2 Å². The summed E-state index contributed by atoms with van der Waals surface area (Å²) >= 11 is 1.52. The second-order valence-corrected chi connectivity index (χ2v) is 12.5. The molecule has 0 bridgehead atoms. The Bertz CT molecular complexity index is 1610. The van der Waals surface area contributed by atoms with Crippen LogP contribution in [0, 0.1) is 18.8 Å². The molecule has 0 radical (unpaired) electrons. The highest BCUT2D eigenvalue weighted by atomic mass is 32.1. The molecule has 1 aromatic carbocycles. The molecule has 6 rings (SSSR count). The van der Waals surface area contributed by atoms with Gasteiger partial charge in [-0.25, -0.2) is 0 Å². The second-order valence-electron chi connectivity index (χ2n) is 11.3. The molecular weight excluding hydrogens is 532 g/mol. The molecular formula is C33H36N4O3S. The fraction of sp³-hybridized carbons (Fsp3) is 0.364. The first-order valence-electron chi connectivity index (χ1n) is 14.2. The van der Waals surface area contributed by atoms with Crippen LogP contribution in [0.25, 0.3) is 22.8 Å². The Morgan fingerprint density at radius 1 is 1.24 bits per heavy atom. The lowest BCUT2D eigenvalue weighted by Gasteiger charge is -2.21. The van der Waals surface area contributed by atoms with Crippen molar-refractivity contribution in [3.05, 3.63) is 92.2 Å². The van der Waals surface area contributed by atoms with Gasteiger partial charge in [0.25, 0.3) is 5.91 Å². The second kappa shape index (κ2) is 11.4. The van der Waals surface area contributed by atoms with Crippen molar-refractivity contribution in [1.29, 1.82) is 0 Å². The van der Waals surface area contributed by atoms with E-state index < -0.39 is 6.04 Å². The van der Waals surface area contributed by atoms with E-state index in [1.165, 1.54) is 32.9 Å². The number of thiophene rings is 1.